The van der Waals surface area contributed by atoms with Gasteiger partial charge in [0.25, 0.3) is 10.0 Å². The Morgan fingerprint density at radius 3 is 2.78 bits per heavy atom. The molecule has 0 amide bonds. The summed E-state index contributed by atoms with van der Waals surface area (Å²) < 4.78 is 32.2. The fraction of sp³-hybridized carbons (Fsp3) is 0.188. The highest BCUT2D eigenvalue weighted by Crippen LogP contribution is 2.24. The molecular formula is C16H16N2O2S3. The van der Waals surface area contributed by atoms with Crippen molar-refractivity contribution in [3.63, 3.8) is 0 Å². The van der Waals surface area contributed by atoms with Gasteiger partial charge in [0.05, 0.1) is 10.2 Å². The van der Waals surface area contributed by atoms with Crippen molar-refractivity contribution in [2.45, 2.75) is 24.6 Å². The molecule has 0 spiro atoms. The van der Waals surface area contributed by atoms with E-state index < -0.39 is 10.0 Å². The third-order valence-electron chi connectivity index (χ3n) is 3.37. The van der Waals surface area contributed by atoms with Gasteiger partial charge in [0, 0.05) is 6.54 Å². The summed E-state index contributed by atoms with van der Waals surface area (Å²) in [6.45, 7) is 8.34. The normalized spacial score (nSPS) is 12.9. The van der Waals surface area contributed by atoms with Crippen molar-refractivity contribution in [2.75, 3.05) is 0 Å². The molecule has 0 bridgehead atoms. The van der Waals surface area contributed by atoms with Crippen LogP contribution in [0, 0.1) is 13.8 Å². The molecule has 120 valence electrons. The molecule has 7 heteroatoms. The van der Waals surface area contributed by atoms with Crippen LogP contribution in [0.3, 0.4) is 0 Å². The van der Waals surface area contributed by atoms with Gasteiger partial charge in [-0.3, -0.25) is 0 Å². The van der Waals surface area contributed by atoms with E-state index in [1.54, 1.807) is 23.6 Å². The Hall–Kier alpha value is -1.70. The first-order valence-electron chi connectivity index (χ1n) is 6.98. The highest BCUT2D eigenvalue weighted by atomic mass is 32.2. The minimum absolute atomic E-state index is 0.257. The number of fused-ring (bicyclic) bond motifs is 1. The molecule has 4 nitrogen and oxygen atoms in total. The van der Waals surface area contributed by atoms with Crippen LogP contribution >= 0.6 is 22.7 Å². The van der Waals surface area contributed by atoms with Gasteiger partial charge in [0.1, 0.15) is 4.21 Å². The van der Waals surface area contributed by atoms with Gasteiger partial charge in [-0.15, -0.1) is 22.3 Å². The van der Waals surface area contributed by atoms with Crippen molar-refractivity contribution in [3.05, 3.63) is 58.2 Å². The predicted molar refractivity (Wildman–Crippen MR) is 96.6 cm³/mol. The van der Waals surface area contributed by atoms with Crippen LogP contribution in [0.1, 0.15) is 11.1 Å². The molecule has 2 aromatic heterocycles. The Bertz CT molecular complexity index is 1040. The maximum atomic E-state index is 12.5. The summed E-state index contributed by atoms with van der Waals surface area (Å²) in [5, 5.41) is 1.73. The largest absolute Gasteiger partial charge is 0.312 e. The Morgan fingerprint density at radius 2 is 2.13 bits per heavy atom. The van der Waals surface area contributed by atoms with Crippen LogP contribution in [-0.4, -0.2) is 13.0 Å². The number of aryl methyl sites for hydroxylation is 2. The van der Waals surface area contributed by atoms with Crippen molar-refractivity contribution in [3.8, 4) is 0 Å². The summed E-state index contributed by atoms with van der Waals surface area (Å²) >= 11 is 2.57. The number of benzene rings is 1. The van der Waals surface area contributed by atoms with Crippen LogP contribution in [0.15, 0.2) is 50.9 Å². The minimum atomic E-state index is -3.68. The lowest BCUT2D eigenvalue weighted by Crippen LogP contribution is -2.16. The van der Waals surface area contributed by atoms with E-state index in [0.717, 1.165) is 21.3 Å². The fourth-order valence-electron chi connectivity index (χ4n) is 2.45. The molecule has 23 heavy (non-hydrogen) atoms. The first-order chi connectivity index (χ1) is 10.9. The minimum Gasteiger partial charge on any atom is -0.312 e. The molecule has 0 N–H and O–H groups in total. The van der Waals surface area contributed by atoms with E-state index in [9.17, 15) is 8.42 Å². The van der Waals surface area contributed by atoms with Crippen LogP contribution in [0.4, 0.5) is 0 Å². The Morgan fingerprint density at radius 1 is 1.35 bits per heavy atom. The van der Waals surface area contributed by atoms with Gasteiger partial charge in [-0.1, -0.05) is 29.5 Å². The molecule has 2 heterocycles. The number of allylic oxidation sites excluding steroid dienone is 1. The third kappa shape index (κ3) is 3.04. The summed E-state index contributed by atoms with van der Waals surface area (Å²) in [6.07, 6.45) is 1.75. The number of thiophene rings is 1. The van der Waals surface area contributed by atoms with Crippen LogP contribution < -0.4 is 4.80 Å². The zero-order chi connectivity index (χ0) is 16.6. The molecule has 0 aliphatic rings. The standard InChI is InChI=1S/C16H16N2O2S3/c1-4-7-18-13-10-11(2)9-12(3)15(13)22-16(18)17-23(19,20)14-6-5-8-21-14/h4-6,8-10H,1,7H2,2-3H3. The van der Waals surface area contributed by atoms with Crippen LogP contribution in [0.25, 0.3) is 10.2 Å². The van der Waals surface area contributed by atoms with Gasteiger partial charge in [-0.2, -0.15) is 8.42 Å². The first kappa shape index (κ1) is 16.2. The number of aromatic nitrogens is 1. The van der Waals surface area contributed by atoms with Crippen LogP contribution in [0.2, 0.25) is 0 Å². The summed E-state index contributed by atoms with van der Waals surface area (Å²) in [5.41, 5.74) is 3.25. The molecule has 1 aromatic carbocycles. The highest BCUT2D eigenvalue weighted by Gasteiger charge is 2.16. The van der Waals surface area contributed by atoms with Crippen molar-refractivity contribution >= 4 is 42.9 Å². The second kappa shape index (κ2) is 6.07. The van der Waals surface area contributed by atoms with E-state index in [2.05, 4.69) is 23.1 Å². The molecule has 0 saturated heterocycles. The molecule has 0 fully saturated rings. The summed E-state index contributed by atoms with van der Waals surface area (Å²) in [7, 11) is -3.68. The lowest BCUT2D eigenvalue weighted by molar-refractivity contribution is 0.598. The number of hydrogen-bond donors (Lipinski definition) is 0. The van der Waals surface area contributed by atoms with Crippen molar-refractivity contribution < 1.29 is 8.42 Å². The number of thiazole rings is 1. The van der Waals surface area contributed by atoms with E-state index in [-0.39, 0.29) is 4.21 Å². The molecule has 0 aliphatic carbocycles. The number of nitrogens with zero attached hydrogens (tertiary/aromatic N) is 2. The lowest BCUT2D eigenvalue weighted by Gasteiger charge is -2.03. The van der Waals surface area contributed by atoms with Gasteiger partial charge < -0.3 is 4.57 Å². The maximum Gasteiger partial charge on any atom is 0.294 e. The van der Waals surface area contributed by atoms with E-state index in [4.69, 9.17) is 0 Å². The summed E-state index contributed by atoms with van der Waals surface area (Å²) in [4.78, 5) is 0.474. The monoisotopic (exact) mass is 364 g/mol. The summed E-state index contributed by atoms with van der Waals surface area (Å²) in [5.74, 6) is 0. The SMILES string of the molecule is C=CCn1c(=NS(=O)(=O)c2cccs2)sc2c(C)cc(C)cc21. The quantitative estimate of drug-likeness (QED) is 0.660. The lowest BCUT2D eigenvalue weighted by atomic mass is 10.1. The van der Waals surface area contributed by atoms with Crippen molar-refractivity contribution in [1.29, 1.82) is 0 Å². The molecule has 0 unspecified atom stereocenters. The van der Waals surface area contributed by atoms with E-state index in [1.807, 2.05) is 18.4 Å². The maximum absolute atomic E-state index is 12.5. The molecule has 3 rings (SSSR count). The first-order valence-corrected chi connectivity index (χ1v) is 10.1. The second-order valence-corrected chi connectivity index (χ2v) is 8.97. The molecule has 0 aliphatic heterocycles. The summed E-state index contributed by atoms with van der Waals surface area (Å²) in [6, 6.07) is 7.43. The van der Waals surface area contributed by atoms with Gasteiger partial charge in [0.2, 0.25) is 4.80 Å². The topological polar surface area (TPSA) is 51.4 Å². The molecular weight excluding hydrogens is 348 g/mol. The molecule has 0 saturated carbocycles. The van der Waals surface area contributed by atoms with E-state index in [1.165, 1.54) is 22.7 Å². The van der Waals surface area contributed by atoms with Crippen LogP contribution in [-0.2, 0) is 16.6 Å². The van der Waals surface area contributed by atoms with E-state index in [0.29, 0.717) is 11.3 Å². The highest BCUT2D eigenvalue weighted by molar-refractivity contribution is 7.92. The Labute approximate surface area is 143 Å². The number of rotatable bonds is 4. The smallest absolute Gasteiger partial charge is 0.294 e. The number of sulfonamides is 1. The third-order valence-corrected chi connectivity index (χ3v) is 7.36. The molecule has 3 aromatic rings. The zero-order valence-electron chi connectivity index (χ0n) is 12.8. The van der Waals surface area contributed by atoms with Gasteiger partial charge in [-0.05, 0) is 42.5 Å². The molecule has 0 radical (unpaired) electrons. The zero-order valence-corrected chi connectivity index (χ0v) is 15.3. The van der Waals surface area contributed by atoms with E-state index >= 15 is 0 Å². The van der Waals surface area contributed by atoms with Gasteiger partial charge in [0.15, 0.2) is 0 Å². The fourth-order valence-corrected chi connectivity index (χ4v) is 5.71. The van der Waals surface area contributed by atoms with Crippen molar-refractivity contribution in [2.24, 2.45) is 4.40 Å². The average Bonchev–Trinajstić information content (AvgIpc) is 3.10. The number of hydrogen-bond acceptors (Lipinski definition) is 4. The van der Waals surface area contributed by atoms with Gasteiger partial charge in [-0.25, -0.2) is 0 Å². The second-order valence-electron chi connectivity index (χ2n) is 5.21. The predicted octanol–water partition coefficient (Wildman–Crippen LogP) is 3.86. The van der Waals surface area contributed by atoms with Gasteiger partial charge >= 0.3 is 0 Å². The average molecular weight is 365 g/mol. The van der Waals surface area contributed by atoms with Crippen molar-refractivity contribution in [1.82, 2.24) is 4.57 Å². The molecule has 0 atom stereocenters. The Balaban J connectivity index is 2.33. The van der Waals surface area contributed by atoms with Crippen LogP contribution in [0.5, 0.6) is 0 Å². The Kier molecular flexibility index (Phi) is 4.27.